The molecule has 1 atom stereocenters. The Kier molecular flexibility index (Phi) is 4.01. The Labute approximate surface area is 117 Å². The minimum atomic E-state index is -0.969. The van der Waals surface area contributed by atoms with Crippen molar-refractivity contribution < 1.29 is 9.18 Å². The summed E-state index contributed by atoms with van der Waals surface area (Å²) in [6, 6.07) is 2.83. The molecule has 1 saturated heterocycles. The van der Waals surface area contributed by atoms with Crippen molar-refractivity contribution in [3.05, 3.63) is 29.8 Å². The maximum Gasteiger partial charge on any atom is 0.258 e. The molecule has 1 fully saturated rings. The number of pyridine rings is 1. The molecule has 1 amide bonds. The lowest BCUT2D eigenvalue weighted by Gasteiger charge is -2.24. The number of nitrogens with one attached hydrogen (secondary N) is 2. The highest BCUT2D eigenvalue weighted by molar-refractivity contribution is 6.09. The quantitative estimate of drug-likeness (QED) is 0.878. The Bertz CT molecular complexity index is 526. The maximum absolute atomic E-state index is 13.0. The molecule has 0 saturated carbocycles. The van der Waals surface area contributed by atoms with Crippen molar-refractivity contribution in [3.8, 4) is 0 Å². The van der Waals surface area contributed by atoms with E-state index < -0.39 is 11.4 Å². The van der Waals surface area contributed by atoms with Crippen molar-refractivity contribution in [2.45, 2.75) is 32.7 Å². The molecule has 0 aromatic carbocycles. The second-order valence-corrected chi connectivity index (χ2v) is 5.28. The number of hydrogen-bond acceptors (Lipinski definition) is 3. The maximum atomic E-state index is 13.0. The lowest BCUT2D eigenvalue weighted by atomic mass is 9.92. The van der Waals surface area contributed by atoms with Crippen LogP contribution in [-0.2, 0) is 10.3 Å². The zero-order valence-electron chi connectivity index (χ0n) is 11.9. The molecular formula is C14H19FN4O. The summed E-state index contributed by atoms with van der Waals surface area (Å²) >= 11 is 0. The van der Waals surface area contributed by atoms with Gasteiger partial charge in [0.1, 0.15) is 5.82 Å². The summed E-state index contributed by atoms with van der Waals surface area (Å²) in [7, 11) is 0. The molecule has 1 aromatic rings. The monoisotopic (exact) mass is 278 g/mol. The van der Waals surface area contributed by atoms with E-state index in [2.05, 4.69) is 34.5 Å². The molecule has 6 heteroatoms. The van der Waals surface area contributed by atoms with Crippen LogP contribution in [0, 0.1) is 11.7 Å². The van der Waals surface area contributed by atoms with E-state index in [1.807, 2.05) is 6.92 Å². The van der Waals surface area contributed by atoms with Gasteiger partial charge < -0.3 is 5.32 Å². The number of amides is 1. The molecule has 1 aliphatic heterocycles. The van der Waals surface area contributed by atoms with Gasteiger partial charge in [-0.25, -0.2) is 4.39 Å². The first-order valence-corrected chi connectivity index (χ1v) is 6.74. The zero-order chi connectivity index (χ0) is 14.8. The summed E-state index contributed by atoms with van der Waals surface area (Å²) in [6.45, 7) is 6.60. The molecule has 108 valence electrons. The van der Waals surface area contributed by atoms with Gasteiger partial charge >= 0.3 is 0 Å². The second kappa shape index (κ2) is 5.56. The third-order valence-electron chi connectivity index (χ3n) is 3.26. The van der Waals surface area contributed by atoms with E-state index in [0.29, 0.717) is 30.5 Å². The largest absolute Gasteiger partial charge is 0.337 e. The van der Waals surface area contributed by atoms with Crippen molar-refractivity contribution in [3.63, 3.8) is 0 Å². The van der Waals surface area contributed by atoms with E-state index in [4.69, 9.17) is 0 Å². The zero-order valence-corrected chi connectivity index (χ0v) is 11.9. The van der Waals surface area contributed by atoms with Crippen molar-refractivity contribution in [2.24, 2.45) is 10.9 Å². The first kappa shape index (κ1) is 14.4. The van der Waals surface area contributed by atoms with Gasteiger partial charge in [-0.3, -0.25) is 20.1 Å². The predicted octanol–water partition coefficient (Wildman–Crippen LogP) is 1.56. The molecule has 0 radical (unpaired) electrons. The van der Waals surface area contributed by atoms with Gasteiger partial charge in [-0.15, -0.1) is 0 Å². The highest BCUT2D eigenvalue weighted by Crippen LogP contribution is 2.26. The average Bonchev–Trinajstić information content (AvgIpc) is 2.75. The smallest absolute Gasteiger partial charge is 0.258 e. The van der Waals surface area contributed by atoms with E-state index in [1.165, 1.54) is 12.1 Å². The van der Waals surface area contributed by atoms with Crippen LogP contribution in [0.2, 0.25) is 0 Å². The third kappa shape index (κ3) is 2.64. The van der Waals surface area contributed by atoms with Crippen molar-refractivity contribution in [1.82, 2.24) is 15.6 Å². The summed E-state index contributed by atoms with van der Waals surface area (Å²) in [6.07, 6.45) is 1.61. The summed E-state index contributed by atoms with van der Waals surface area (Å²) in [5.74, 6) is 0.229. The molecule has 2 N–H and O–H groups in total. The van der Waals surface area contributed by atoms with Gasteiger partial charge in [0.05, 0.1) is 11.9 Å². The van der Waals surface area contributed by atoms with Crippen LogP contribution in [-0.4, -0.2) is 23.4 Å². The lowest BCUT2D eigenvalue weighted by Crippen LogP contribution is -2.44. The normalized spacial score (nSPS) is 24.1. The van der Waals surface area contributed by atoms with E-state index >= 15 is 0 Å². The number of halogens is 1. The van der Waals surface area contributed by atoms with Gasteiger partial charge in [-0.1, -0.05) is 20.8 Å². The lowest BCUT2D eigenvalue weighted by molar-refractivity contribution is -0.124. The molecule has 2 heterocycles. The van der Waals surface area contributed by atoms with Crippen LogP contribution in [0.5, 0.6) is 0 Å². The van der Waals surface area contributed by atoms with Crippen molar-refractivity contribution in [2.75, 3.05) is 6.54 Å². The fourth-order valence-electron chi connectivity index (χ4n) is 2.10. The molecule has 0 bridgehead atoms. The minimum Gasteiger partial charge on any atom is -0.337 e. The van der Waals surface area contributed by atoms with Crippen LogP contribution in [0.15, 0.2) is 23.3 Å². The Balaban J connectivity index is 2.29. The van der Waals surface area contributed by atoms with E-state index in [-0.39, 0.29) is 5.91 Å². The fraction of sp³-hybridized carbons (Fsp3) is 0.500. The third-order valence-corrected chi connectivity index (χ3v) is 3.26. The number of aliphatic imine (C=N–C) groups is 1. The second-order valence-electron chi connectivity index (χ2n) is 5.28. The van der Waals surface area contributed by atoms with Gasteiger partial charge in [0, 0.05) is 6.54 Å². The predicted molar refractivity (Wildman–Crippen MR) is 74.6 cm³/mol. The fourth-order valence-corrected chi connectivity index (χ4v) is 2.10. The number of carbonyl (C=O) groups excluding carboxylic acids is 1. The molecular weight excluding hydrogens is 259 g/mol. The summed E-state index contributed by atoms with van der Waals surface area (Å²) in [4.78, 5) is 20.6. The van der Waals surface area contributed by atoms with Crippen molar-refractivity contribution >= 4 is 11.9 Å². The van der Waals surface area contributed by atoms with Gasteiger partial charge in [0.2, 0.25) is 0 Å². The molecule has 5 nitrogen and oxygen atoms in total. The topological polar surface area (TPSA) is 66.4 Å². The standard InChI is InChI=1S/C14H19FN4O/c1-4-14(11-6-5-10(15)8-16-11)12(20)18-13(19-14)17-7-9(2)3/h5-6,8-9H,4,7H2,1-3H3,(H2,17,18,19,20). The van der Waals surface area contributed by atoms with Crippen LogP contribution < -0.4 is 10.6 Å². The number of nitrogens with zero attached hydrogens (tertiary/aromatic N) is 2. The van der Waals surface area contributed by atoms with Gasteiger partial charge in [0.15, 0.2) is 11.5 Å². The average molecular weight is 278 g/mol. The van der Waals surface area contributed by atoms with Crippen LogP contribution >= 0.6 is 0 Å². The van der Waals surface area contributed by atoms with E-state index in [1.54, 1.807) is 0 Å². The van der Waals surface area contributed by atoms with Crippen LogP contribution in [0.25, 0.3) is 0 Å². The van der Waals surface area contributed by atoms with E-state index in [0.717, 1.165) is 6.20 Å². The van der Waals surface area contributed by atoms with Crippen LogP contribution in [0.1, 0.15) is 32.9 Å². The molecule has 1 unspecified atom stereocenters. The molecule has 1 aromatic heterocycles. The van der Waals surface area contributed by atoms with Crippen LogP contribution in [0.4, 0.5) is 4.39 Å². The first-order valence-electron chi connectivity index (χ1n) is 6.74. The number of hydrogen-bond donors (Lipinski definition) is 2. The Morgan fingerprint density at radius 1 is 1.45 bits per heavy atom. The summed E-state index contributed by atoms with van der Waals surface area (Å²) in [5, 5.41) is 5.83. The van der Waals surface area contributed by atoms with Crippen LogP contribution in [0.3, 0.4) is 0 Å². The van der Waals surface area contributed by atoms with Gasteiger partial charge in [-0.05, 0) is 24.5 Å². The summed E-state index contributed by atoms with van der Waals surface area (Å²) in [5.41, 5.74) is -0.475. The Hall–Kier alpha value is -1.98. The SMILES string of the molecule is CCC1(c2ccc(F)cn2)NC(=NCC(C)C)NC1=O. The number of rotatable bonds is 4. The number of guanidine groups is 1. The Morgan fingerprint density at radius 2 is 2.20 bits per heavy atom. The molecule has 20 heavy (non-hydrogen) atoms. The van der Waals surface area contributed by atoms with Gasteiger partial charge in [0.25, 0.3) is 5.91 Å². The highest BCUT2D eigenvalue weighted by Gasteiger charge is 2.46. The van der Waals surface area contributed by atoms with Crippen molar-refractivity contribution in [1.29, 1.82) is 0 Å². The van der Waals surface area contributed by atoms with E-state index in [9.17, 15) is 9.18 Å². The number of aromatic nitrogens is 1. The molecule has 2 rings (SSSR count). The summed E-state index contributed by atoms with van der Waals surface area (Å²) < 4.78 is 13.0. The van der Waals surface area contributed by atoms with Gasteiger partial charge in [-0.2, -0.15) is 0 Å². The number of carbonyl (C=O) groups is 1. The molecule has 1 aliphatic rings. The first-order chi connectivity index (χ1) is 9.48. The molecule has 0 aliphatic carbocycles. The Morgan fingerprint density at radius 3 is 2.75 bits per heavy atom. The minimum absolute atomic E-state index is 0.207. The molecule has 0 spiro atoms. The highest BCUT2D eigenvalue weighted by atomic mass is 19.1.